The van der Waals surface area contributed by atoms with Crippen molar-refractivity contribution in [3.63, 3.8) is 0 Å². The van der Waals surface area contributed by atoms with Crippen molar-refractivity contribution in [2.45, 2.75) is 44.8 Å². The molecule has 1 aromatic carbocycles. The van der Waals surface area contributed by atoms with Gasteiger partial charge in [-0.3, -0.25) is 10.1 Å². The molecule has 0 aliphatic heterocycles. The third-order valence-electron chi connectivity index (χ3n) is 4.08. The molecule has 0 heterocycles. The number of benzene rings is 1. The zero-order chi connectivity index (χ0) is 15.5. The first-order valence-corrected chi connectivity index (χ1v) is 7.63. The van der Waals surface area contributed by atoms with Crippen LogP contribution in [0.4, 0.5) is 5.69 Å². The van der Waals surface area contributed by atoms with Gasteiger partial charge in [0, 0.05) is 30.2 Å². The lowest BCUT2D eigenvalue weighted by atomic mass is 9.79. The molecule has 0 aromatic heterocycles. The summed E-state index contributed by atoms with van der Waals surface area (Å²) in [5.74, 6) is 0.534. The quantitative estimate of drug-likeness (QED) is 0.646. The summed E-state index contributed by atoms with van der Waals surface area (Å²) in [6, 6.07) is 4.40. The van der Waals surface area contributed by atoms with Gasteiger partial charge in [-0.1, -0.05) is 31.4 Å². The van der Waals surface area contributed by atoms with Gasteiger partial charge in [0.15, 0.2) is 0 Å². The summed E-state index contributed by atoms with van der Waals surface area (Å²) in [4.78, 5) is 10.3. The van der Waals surface area contributed by atoms with Crippen LogP contribution in [0.3, 0.4) is 0 Å². The van der Waals surface area contributed by atoms with E-state index in [4.69, 9.17) is 11.6 Å². The number of halogens is 1. The number of non-ortho nitro benzene ring substituents is 1. The van der Waals surface area contributed by atoms with Crippen LogP contribution in [0.1, 0.15) is 38.2 Å². The first-order chi connectivity index (χ1) is 9.89. The Labute approximate surface area is 129 Å². The average molecular weight is 313 g/mol. The van der Waals surface area contributed by atoms with E-state index in [1.54, 1.807) is 0 Å². The minimum absolute atomic E-state index is 0.0289. The van der Waals surface area contributed by atoms with Crippen LogP contribution in [0.5, 0.6) is 0 Å². The molecule has 2 atom stereocenters. The lowest BCUT2D eigenvalue weighted by Crippen LogP contribution is -2.43. The highest BCUT2D eigenvalue weighted by Crippen LogP contribution is 2.31. The number of hydrogen-bond acceptors (Lipinski definition) is 4. The zero-order valence-electron chi connectivity index (χ0n) is 12.1. The molecule has 1 aliphatic rings. The first-order valence-electron chi connectivity index (χ1n) is 7.25. The molecule has 2 N–H and O–H groups in total. The monoisotopic (exact) mass is 312 g/mol. The summed E-state index contributed by atoms with van der Waals surface area (Å²) in [6.07, 6.45) is 3.80. The van der Waals surface area contributed by atoms with Crippen molar-refractivity contribution in [2.75, 3.05) is 6.54 Å². The van der Waals surface area contributed by atoms with Crippen molar-refractivity contribution in [1.29, 1.82) is 0 Å². The number of nitro benzene ring substituents is 1. The van der Waals surface area contributed by atoms with Crippen LogP contribution in [-0.4, -0.2) is 22.2 Å². The Bertz CT molecular complexity index is 524. The second-order valence-electron chi connectivity index (χ2n) is 6.06. The minimum atomic E-state index is -0.676. The number of rotatable bonds is 5. The summed E-state index contributed by atoms with van der Waals surface area (Å²) in [6.45, 7) is 3.05. The topological polar surface area (TPSA) is 75.4 Å². The standard InChI is InChI=1S/C15H21ClN2O3/c1-11-3-2-6-15(19,8-11)10-17-9-12-7-13(18(20)21)4-5-14(12)16/h4-5,7,11,17,19H,2-3,6,8-10H2,1H3. The fourth-order valence-electron chi connectivity index (χ4n) is 3.03. The zero-order valence-corrected chi connectivity index (χ0v) is 12.9. The van der Waals surface area contributed by atoms with E-state index in [-0.39, 0.29) is 5.69 Å². The highest BCUT2D eigenvalue weighted by Gasteiger charge is 2.32. The van der Waals surface area contributed by atoms with Crippen LogP contribution in [-0.2, 0) is 6.54 Å². The number of aliphatic hydroxyl groups is 1. The highest BCUT2D eigenvalue weighted by atomic mass is 35.5. The summed E-state index contributed by atoms with van der Waals surface area (Å²) >= 11 is 6.06. The molecule has 2 unspecified atom stereocenters. The van der Waals surface area contributed by atoms with Crippen molar-refractivity contribution >= 4 is 17.3 Å². The van der Waals surface area contributed by atoms with Crippen molar-refractivity contribution in [2.24, 2.45) is 5.92 Å². The van der Waals surface area contributed by atoms with Gasteiger partial charge in [-0.25, -0.2) is 0 Å². The van der Waals surface area contributed by atoms with Crippen molar-refractivity contribution < 1.29 is 10.0 Å². The van der Waals surface area contributed by atoms with Gasteiger partial charge in [0.05, 0.1) is 10.5 Å². The molecule has 1 aromatic rings. The molecule has 1 fully saturated rings. The largest absolute Gasteiger partial charge is 0.389 e. The maximum atomic E-state index is 10.8. The first kappa shape index (κ1) is 16.2. The van der Waals surface area contributed by atoms with E-state index in [0.29, 0.717) is 29.6 Å². The van der Waals surface area contributed by atoms with E-state index in [1.807, 2.05) is 0 Å². The smallest absolute Gasteiger partial charge is 0.269 e. The van der Waals surface area contributed by atoms with Gasteiger partial charge in [0.25, 0.3) is 5.69 Å². The molecule has 1 saturated carbocycles. The molecule has 2 rings (SSSR count). The molecule has 0 bridgehead atoms. The summed E-state index contributed by atoms with van der Waals surface area (Å²) in [5.41, 5.74) is 0.0322. The van der Waals surface area contributed by atoms with Crippen molar-refractivity contribution in [3.8, 4) is 0 Å². The molecule has 5 nitrogen and oxygen atoms in total. The van der Waals surface area contributed by atoms with Gasteiger partial charge in [-0.15, -0.1) is 0 Å². The molecule has 21 heavy (non-hydrogen) atoms. The maximum Gasteiger partial charge on any atom is 0.269 e. The van der Waals surface area contributed by atoms with Gasteiger partial charge in [-0.05, 0) is 30.4 Å². The van der Waals surface area contributed by atoms with Crippen LogP contribution in [0.25, 0.3) is 0 Å². The van der Waals surface area contributed by atoms with Gasteiger partial charge < -0.3 is 10.4 Å². The Hall–Kier alpha value is -1.17. The third kappa shape index (κ3) is 4.40. The Morgan fingerprint density at radius 2 is 2.33 bits per heavy atom. The predicted octanol–water partition coefficient (Wildman–Crippen LogP) is 3.28. The molecule has 6 heteroatoms. The normalized spacial score (nSPS) is 25.8. The number of hydrogen-bond donors (Lipinski definition) is 2. The van der Waals surface area contributed by atoms with E-state index >= 15 is 0 Å². The number of nitrogens with zero attached hydrogens (tertiary/aromatic N) is 1. The minimum Gasteiger partial charge on any atom is -0.389 e. The summed E-state index contributed by atoms with van der Waals surface area (Å²) in [7, 11) is 0. The van der Waals surface area contributed by atoms with E-state index in [9.17, 15) is 15.2 Å². The fourth-order valence-corrected chi connectivity index (χ4v) is 3.22. The van der Waals surface area contributed by atoms with Crippen LogP contribution in [0.2, 0.25) is 5.02 Å². The fraction of sp³-hybridized carbons (Fsp3) is 0.600. The highest BCUT2D eigenvalue weighted by molar-refractivity contribution is 6.31. The van der Waals surface area contributed by atoms with Gasteiger partial charge in [0.1, 0.15) is 0 Å². The second-order valence-corrected chi connectivity index (χ2v) is 6.47. The summed E-state index contributed by atoms with van der Waals surface area (Å²) in [5, 5.41) is 25.0. The molecule has 0 spiro atoms. The Morgan fingerprint density at radius 1 is 1.57 bits per heavy atom. The Balaban J connectivity index is 1.94. The average Bonchev–Trinajstić information content (AvgIpc) is 2.40. The SMILES string of the molecule is CC1CCCC(O)(CNCc2cc([N+](=O)[O-])ccc2Cl)C1. The molecule has 0 radical (unpaired) electrons. The van der Waals surface area contributed by atoms with E-state index in [1.165, 1.54) is 24.6 Å². The van der Waals surface area contributed by atoms with Gasteiger partial charge >= 0.3 is 0 Å². The molecule has 0 amide bonds. The molecule has 116 valence electrons. The van der Waals surface area contributed by atoms with Crippen molar-refractivity contribution in [3.05, 3.63) is 38.9 Å². The molecule has 1 aliphatic carbocycles. The van der Waals surface area contributed by atoms with Gasteiger partial charge in [-0.2, -0.15) is 0 Å². The van der Waals surface area contributed by atoms with Crippen molar-refractivity contribution in [1.82, 2.24) is 5.32 Å². The predicted molar refractivity (Wildman–Crippen MR) is 82.4 cm³/mol. The lowest BCUT2D eigenvalue weighted by Gasteiger charge is -2.35. The van der Waals surface area contributed by atoms with Crippen LogP contribution in [0.15, 0.2) is 18.2 Å². The Kier molecular flexibility index (Phi) is 5.19. The van der Waals surface area contributed by atoms with Crippen LogP contribution < -0.4 is 5.32 Å². The third-order valence-corrected chi connectivity index (χ3v) is 4.45. The van der Waals surface area contributed by atoms with E-state index < -0.39 is 10.5 Å². The second kappa shape index (κ2) is 6.73. The maximum absolute atomic E-state index is 10.8. The molecular weight excluding hydrogens is 292 g/mol. The van der Waals surface area contributed by atoms with Crippen LogP contribution >= 0.6 is 11.6 Å². The van der Waals surface area contributed by atoms with E-state index in [2.05, 4.69) is 12.2 Å². The van der Waals surface area contributed by atoms with E-state index in [0.717, 1.165) is 19.3 Å². The van der Waals surface area contributed by atoms with Gasteiger partial charge in [0.2, 0.25) is 0 Å². The number of nitrogens with one attached hydrogen (secondary N) is 1. The molecular formula is C15H21ClN2O3. The lowest BCUT2D eigenvalue weighted by molar-refractivity contribution is -0.384. The summed E-state index contributed by atoms with van der Waals surface area (Å²) < 4.78 is 0. The Morgan fingerprint density at radius 3 is 3.00 bits per heavy atom. The number of nitro groups is 1. The molecule has 0 saturated heterocycles. The van der Waals surface area contributed by atoms with Crippen LogP contribution in [0, 0.1) is 16.0 Å².